The molecule has 3 aliphatic heterocycles. The normalized spacial score (nSPS) is 25.4. The first-order valence-electron chi connectivity index (χ1n) is 9.26. The molecule has 3 saturated heterocycles. The number of morpholine rings is 1. The Labute approximate surface area is 148 Å². The number of nitrogens with zero attached hydrogens (tertiary/aromatic N) is 2. The van der Waals surface area contributed by atoms with Gasteiger partial charge in [-0.2, -0.15) is 0 Å². The molecule has 0 bridgehead atoms. The number of hydrogen-bond acceptors (Lipinski definition) is 5. The van der Waals surface area contributed by atoms with Crippen molar-refractivity contribution in [3.8, 4) is 0 Å². The van der Waals surface area contributed by atoms with Crippen molar-refractivity contribution in [2.75, 3.05) is 57.5 Å². The Hall–Kier alpha value is -1.63. The smallest absolute Gasteiger partial charge is 0.253 e. The SMILES string of the molecule is O=C(c1ccc(N2CCOCC2)cc1)N1CCCC(C2OCCO2)C1. The molecule has 25 heavy (non-hydrogen) atoms. The van der Waals surface area contributed by atoms with E-state index in [0.717, 1.165) is 56.9 Å². The Morgan fingerprint density at radius 1 is 0.960 bits per heavy atom. The second-order valence-corrected chi connectivity index (χ2v) is 6.91. The van der Waals surface area contributed by atoms with Gasteiger partial charge in [-0.25, -0.2) is 0 Å². The van der Waals surface area contributed by atoms with Crippen LogP contribution in [0.5, 0.6) is 0 Å². The highest BCUT2D eigenvalue weighted by Crippen LogP contribution is 2.26. The summed E-state index contributed by atoms with van der Waals surface area (Å²) in [5.74, 6) is 0.393. The first-order valence-corrected chi connectivity index (χ1v) is 9.26. The van der Waals surface area contributed by atoms with Gasteiger partial charge in [-0.15, -0.1) is 0 Å². The van der Waals surface area contributed by atoms with Gasteiger partial charge in [0.1, 0.15) is 0 Å². The minimum Gasteiger partial charge on any atom is -0.378 e. The molecule has 3 aliphatic rings. The molecule has 0 spiro atoms. The lowest BCUT2D eigenvalue weighted by Crippen LogP contribution is -2.43. The number of rotatable bonds is 3. The highest BCUT2D eigenvalue weighted by molar-refractivity contribution is 5.94. The fourth-order valence-electron chi connectivity index (χ4n) is 3.88. The minimum atomic E-state index is -0.140. The molecule has 1 atom stereocenters. The number of piperidine rings is 1. The van der Waals surface area contributed by atoms with Crippen molar-refractivity contribution in [2.45, 2.75) is 19.1 Å². The molecule has 3 fully saturated rings. The van der Waals surface area contributed by atoms with Crippen LogP contribution in [0.15, 0.2) is 24.3 Å². The van der Waals surface area contributed by atoms with Gasteiger partial charge in [-0.3, -0.25) is 4.79 Å². The molecule has 0 aliphatic carbocycles. The fourth-order valence-corrected chi connectivity index (χ4v) is 3.88. The van der Waals surface area contributed by atoms with Gasteiger partial charge in [0.25, 0.3) is 5.91 Å². The first kappa shape index (κ1) is 16.8. The highest BCUT2D eigenvalue weighted by atomic mass is 16.7. The molecule has 1 unspecified atom stereocenters. The number of anilines is 1. The van der Waals surface area contributed by atoms with Crippen molar-refractivity contribution >= 4 is 11.6 Å². The van der Waals surface area contributed by atoms with E-state index in [1.165, 1.54) is 0 Å². The molecular formula is C19H26N2O4. The summed E-state index contributed by atoms with van der Waals surface area (Å²) in [6, 6.07) is 7.98. The Balaban J connectivity index is 1.39. The number of benzene rings is 1. The van der Waals surface area contributed by atoms with Crippen LogP contribution in [0.2, 0.25) is 0 Å². The Morgan fingerprint density at radius 2 is 1.68 bits per heavy atom. The average molecular weight is 346 g/mol. The van der Waals surface area contributed by atoms with E-state index in [-0.39, 0.29) is 18.1 Å². The molecule has 6 heteroatoms. The Bertz CT molecular complexity index is 580. The zero-order valence-electron chi connectivity index (χ0n) is 14.6. The van der Waals surface area contributed by atoms with Crippen molar-refractivity contribution in [1.82, 2.24) is 4.90 Å². The van der Waals surface area contributed by atoms with Gasteiger partial charge in [0.2, 0.25) is 0 Å². The highest BCUT2D eigenvalue weighted by Gasteiger charge is 2.33. The monoisotopic (exact) mass is 346 g/mol. The lowest BCUT2D eigenvalue weighted by molar-refractivity contribution is -0.0969. The van der Waals surface area contributed by atoms with Crippen molar-refractivity contribution < 1.29 is 19.0 Å². The molecule has 3 heterocycles. The van der Waals surface area contributed by atoms with E-state index in [4.69, 9.17) is 14.2 Å². The van der Waals surface area contributed by atoms with E-state index in [1.54, 1.807) is 0 Å². The minimum absolute atomic E-state index is 0.108. The maximum absolute atomic E-state index is 12.9. The molecule has 4 rings (SSSR count). The predicted molar refractivity (Wildman–Crippen MR) is 93.8 cm³/mol. The standard InChI is InChI=1S/C19H26N2O4/c22-18(21-7-1-2-16(14-21)19-24-12-13-25-19)15-3-5-17(6-4-15)20-8-10-23-11-9-20/h3-6,16,19H,1-2,7-14H2. The summed E-state index contributed by atoms with van der Waals surface area (Å²) in [6.07, 6.45) is 1.93. The van der Waals surface area contributed by atoms with Gasteiger partial charge < -0.3 is 24.0 Å². The van der Waals surface area contributed by atoms with E-state index in [0.29, 0.717) is 19.8 Å². The summed E-state index contributed by atoms with van der Waals surface area (Å²) in [5, 5.41) is 0. The number of hydrogen-bond donors (Lipinski definition) is 0. The molecule has 1 amide bonds. The largest absolute Gasteiger partial charge is 0.378 e. The number of carbonyl (C=O) groups is 1. The summed E-state index contributed by atoms with van der Waals surface area (Å²) in [7, 11) is 0. The van der Waals surface area contributed by atoms with Crippen molar-refractivity contribution in [1.29, 1.82) is 0 Å². The molecule has 0 saturated carbocycles. The van der Waals surface area contributed by atoms with E-state index >= 15 is 0 Å². The quantitative estimate of drug-likeness (QED) is 0.835. The van der Waals surface area contributed by atoms with Gasteiger partial charge >= 0.3 is 0 Å². The van der Waals surface area contributed by atoms with Crippen molar-refractivity contribution in [2.24, 2.45) is 5.92 Å². The Morgan fingerprint density at radius 3 is 2.40 bits per heavy atom. The number of carbonyl (C=O) groups excluding carboxylic acids is 1. The van der Waals surface area contributed by atoms with Crippen molar-refractivity contribution in [3.05, 3.63) is 29.8 Å². The Kier molecular flexibility index (Phi) is 5.20. The third kappa shape index (κ3) is 3.81. The third-order valence-electron chi connectivity index (χ3n) is 5.27. The second-order valence-electron chi connectivity index (χ2n) is 6.91. The summed E-state index contributed by atoms with van der Waals surface area (Å²) in [5.41, 5.74) is 1.91. The van der Waals surface area contributed by atoms with Crippen LogP contribution in [0.25, 0.3) is 0 Å². The van der Waals surface area contributed by atoms with E-state index in [1.807, 2.05) is 29.2 Å². The molecule has 1 aromatic carbocycles. The molecule has 6 nitrogen and oxygen atoms in total. The molecule has 0 radical (unpaired) electrons. The van der Waals surface area contributed by atoms with E-state index in [2.05, 4.69) is 4.90 Å². The number of likely N-dealkylation sites (tertiary alicyclic amines) is 1. The second kappa shape index (κ2) is 7.72. The maximum atomic E-state index is 12.9. The lowest BCUT2D eigenvalue weighted by Gasteiger charge is -2.35. The third-order valence-corrected chi connectivity index (χ3v) is 5.27. The van der Waals surface area contributed by atoms with Crippen LogP contribution in [0.3, 0.4) is 0 Å². The van der Waals surface area contributed by atoms with Gasteiger partial charge in [-0.05, 0) is 37.1 Å². The fraction of sp³-hybridized carbons (Fsp3) is 0.632. The van der Waals surface area contributed by atoms with Crippen LogP contribution in [-0.4, -0.2) is 69.7 Å². The molecular weight excluding hydrogens is 320 g/mol. The van der Waals surface area contributed by atoms with Crippen LogP contribution in [0.1, 0.15) is 23.2 Å². The van der Waals surface area contributed by atoms with Crippen LogP contribution in [0, 0.1) is 5.92 Å². The summed E-state index contributed by atoms with van der Waals surface area (Å²) < 4.78 is 16.7. The van der Waals surface area contributed by atoms with Crippen LogP contribution < -0.4 is 4.90 Å². The molecule has 1 aromatic rings. The van der Waals surface area contributed by atoms with E-state index < -0.39 is 0 Å². The van der Waals surface area contributed by atoms with Gasteiger partial charge in [0, 0.05) is 43.3 Å². The maximum Gasteiger partial charge on any atom is 0.253 e. The first-order chi connectivity index (χ1) is 12.3. The summed E-state index contributed by atoms with van der Waals surface area (Å²) in [4.78, 5) is 17.1. The zero-order valence-corrected chi connectivity index (χ0v) is 14.6. The topological polar surface area (TPSA) is 51.2 Å². The number of amides is 1. The van der Waals surface area contributed by atoms with Crippen LogP contribution >= 0.6 is 0 Å². The average Bonchev–Trinajstić information content (AvgIpc) is 3.23. The molecule has 136 valence electrons. The van der Waals surface area contributed by atoms with Crippen LogP contribution in [0.4, 0.5) is 5.69 Å². The number of ether oxygens (including phenoxy) is 3. The van der Waals surface area contributed by atoms with E-state index in [9.17, 15) is 4.79 Å². The van der Waals surface area contributed by atoms with Gasteiger partial charge in [0.15, 0.2) is 6.29 Å². The predicted octanol–water partition coefficient (Wildman–Crippen LogP) is 1.75. The lowest BCUT2D eigenvalue weighted by atomic mass is 9.96. The summed E-state index contributed by atoms with van der Waals surface area (Å²) in [6.45, 7) is 6.20. The van der Waals surface area contributed by atoms with Crippen molar-refractivity contribution in [3.63, 3.8) is 0 Å². The van der Waals surface area contributed by atoms with Gasteiger partial charge in [-0.1, -0.05) is 0 Å². The zero-order chi connectivity index (χ0) is 17.1. The summed E-state index contributed by atoms with van der Waals surface area (Å²) >= 11 is 0. The molecule has 0 N–H and O–H groups in total. The van der Waals surface area contributed by atoms with Gasteiger partial charge in [0.05, 0.1) is 26.4 Å². The van der Waals surface area contributed by atoms with Crippen LogP contribution in [-0.2, 0) is 14.2 Å². The molecule has 0 aromatic heterocycles.